The van der Waals surface area contributed by atoms with Crippen molar-refractivity contribution in [3.63, 3.8) is 0 Å². The second-order valence-electron chi connectivity index (χ2n) is 6.15. The molecule has 0 amide bonds. The number of methoxy groups -OCH3 is 1. The van der Waals surface area contributed by atoms with Crippen LogP contribution in [0.15, 0.2) is 24.3 Å². The minimum Gasteiger partial charge on any atom is -0.465 e. The maximum Gasteiger partial charge on any atom is 0.341 e. The molecule has 9 heteroatoms. The highest BCUT2D eigenvalue weighted by molar-refractivity contribution is 7.80. The van der Waals surface area contributed by atoms with Crippen molar-refractivity contribution in [2.75, 3.05) is 17.7 Å². The van der Waals surface area contributed by atoms with Crippen LogP contribution in [-0.2, 0) is 17.6 Å². The number of esters is 1. The molecule has 3 rings (SSSR count). The minimum atomic E-state index is -0.465. The molecule has 1 aromatic carbocycles. The summed E-state index contributed by atoms with van der Waals surface area (Å²) >= 11 is 6.86. The zero-order valence-corrected chi connectivity index (χ0v) is 16.4. The molecule has 7 nitrogen and oxygen atoms in total. The van der Waals surface area contributed by atoms with Crippen molar-refractivity contribution in [2.45, 2.75) is 32.1 Å². The molecule has 1 aliphatic rings. The average molecular weight is 406 g/mol. The Bertz CT molecular complexity index is 895. The molecule has 0 bridgehead atoms. The van der Waals surface area contributed by atoms with Crippen LogP contribution < -0.4 is 10.6 Å². The highest BCUT2D eigenvalue weighted by atomic mass is 32.1. The van der Waals surface area contributed by atoms with Crippen LogP contribution in [0.1, 0.15) is 40.1 Å². The Morgan fingerprint density at radius 2 is 2.04 bits per heavy atom. The number of thiophene rings is 1. The number of hydrogen-bond donors (Lipinski definition) is 2. The Morgan fingerprint density at radius 3 is 2.78 bits per heavy atom. The summed E-state index contributed by atoms with van der Waals surface area (Å²) in [5.74, 6) is -0.380. The lowest BCUT2D eigenvalue weighted by molar-refractivity contribution is -0.384. The largest absolute Gasteiger partial charge is 0.465 e. The number of fused-ring (bicyclic) bond motifs is 1. The van der Waals surface area contributed by atoms with Crippen molar-refractivity contribution in [3.05, 3.63) is 50.4 Å². The fourth-order valence-electron chi connectivity index (χ4n) is 3.11. The molecular weight excluding hydrogens is 386 g/mol. The van der Waals surface area contributed by atoms with E-state index in [1.165, 1.54) is 35.5 Å². The Balaban J connectivity index is 1.82. The van der Waals surface area contributed by atoms with Gasteiger partial charge < -0.3 is 15.4 Å². The number of aryl methyl sites for hydroxylation is 1. The predicted octanol–water partition coefficient (Wildman–Crippen LogP) is 4.52. The Labute approximate surface area is 165 Å². The molecule has 27 heavy (non-hydrogen) atoms. The molecule has 0 radical (unpaired) electrons. The molecule has 1 heterocycles. The first-order valence-electron chi connectivity index (χ1n) is 8.55. The molecule has 0 unspecified atom stereocenters. The molecule has 0 aliphatic heterocycles. The molecular formula is C18H19N3O4S2. The SMILES string of the molecule is COC(=O)c1c(NC(=S)Nc2cccc([N+](=O)[O-])c2)sc2c1CCCCC2. The number of thiocarbonyl (C=S) groups is 1. The number of carbonyl (C=O) groups excluding carboxylic acids is 1. The lowest BCUT2D eigenvalue weighted by atomic mass is 10.1. The van der Waals surface area contributed by atoms with Crippen molar-refractivity contribution in [2.24, 2.45) is 0 Å². The van der Waals surface area contributed by atoms with Crippen molar-refractivity contribution >= 4 is 51.0 Å². The summed E-state index contributed by atoms with van der Waals surface area (Å²) in [6.45, 7) is 0. The summed E-state index contributed by atoms with van der Waals surface area (Å²) in [5.41, 5.74) is 2.06. The third kappa shape index (κ3) is 4.42. The van der Waals surface area contributed by atoms with E-state index < -0.39 is 4.92 Å². The molecule has 2 aromatic rings. The number of nitro groups is 1. The van der Waals surface area contributed by atoms with Crippen molar-refractivity contribution < 1.29 is 14.5 Å². The van der Waals surface area contributed by atoms with Gasteiger partial charge in [0, 0.05) is 22.7 Å². The molecule has 0 fully saturated rings. The number of hydrogen-bond acceptors (Lipinski definition) is 6. The fraction of sp³-hybridized carbons (Fsp3) is 0.333. The number of ether oxygens (including phenoxy) is 1. The van der Waals surface area contributed by atoms with Gasteiger partial charge in [0.2, 0.25) is 0 Å². The van der Waals surface area contributed by atoms with Gasteiger partial charge in [0.25, 0.3) is 5.69 Å². The van der Waals surface area contributed by atoms with Gasteiger partial charge >= 0.3 is 5.97 Å². The topological polar surface area (TPSA) is 93.5 Å². The van der Waals surface area contributed by atoms with Gasteiger partial charge in [-0.2, -0.15) is 0 Å². The first-order valence-corrected chi connectivity index (χ1v) is 9.77. The number of nitrogens with zero attached hydrogens (tertiary/aromatic N) is 1. The van der Waals surface area contributed by atoms with Gasteiger partial charge in [-0.25, -0.2) is 4.79 Å². The van der Waals surface area contributed by atoms with Crippen LogP contribution in [0, 0.1) is 10.1 Å². The molecule has 0 atom stereocenters. The van der Waals surface area contributed by atoms with Gasteiger partial charge in [-0.15, -0.1) is 11.3 Å². The highest BCUT2D eigenvalue weighted by Crippen LogP contribution is 2.38. The van der Waals surface area contributed by atoms with Crippen molar-refractivity contribution in [1.29, 1.82) is 0 Å². The van der Waals surface area contributed by atoms with E-state index in [4.69, 9.17) is 17.0 Å². The number of nitro benzene ring substituents is 1. The summed E-state index contributed by atoms with van der Waals surface area (Å²) in [7, 11) is 1.37. The molecule has 0 saturated heterocycles. The molecule has 1 aliphatic carbocycles. The molecule has 2 N–H and O–H groups in total. The van der Waals surface area contributed by atoms with Gasteiger partial charge in [0.1, 0.15) is 5.00 Å². The van der Waals surface area contributed by atoms with E-state index in [1.54, 1.807) is 12.1 Å². The Hall–Kier alpha value is -2.52. The number of benzene rings is 1. The standard InChI is InChI=1S/C18H19N3O4S2/c1-25-17(22)15-13-8-3-2-4-9-14(13)27-16(15)20-18(26)19-11-6-5-7-12(10-11)21(23)24/h5-7,10H,2-4,8-9H2,1H3,(H2,19,20,26). The normalized spacial score (nSPS) is 13.2. The van der Waals surface area contributed by atoms with E-state index in [2.05, 4.69) is 10.6 Å². The zero-order chi connectivity index (χ0) is 19.4. The Kier molecular flexibility index (Phi) is 6.02. The van der Waals surface area contributed by atoms with Crippen molar-refractivity contribution in [1.82, 2.24) is 0 Å². The third-order valence-corrected chi connectivity index (χ3v) is 5.76. The van der Waals surface area contributed by atoms with Crippen LogP contribution in [-0.4, -0.2) is 23.1 Å². The number of rotatable bonds is 4. The lowest BCUT2D eigenvalue weighted by Gasteiger charge is -2.11. The number of non-ortho nitro benzene ring substituents is 1. The van der Waals surface area contributed by atoms with E-state index in [0.29, 0.717) is 16.3 Å². The quantitative estimate of drug-likeness (QED) is 0.254. The van der Waals surface area contributed by atoms with Crippen LogP contribution in [0.2, 0.25) is 0 Å². The first kappa shape index (κ1) is 19.2. The maximum atomic E-state index is 12.3. The maximum absolute atomic E-state index is 12.3. The third-order valence-electron chi connectivity index (χ3n) is 4.35. The van der Waals surface area contributed by atoms with Gasteiger partial charge in [-0.1, -0.05) is 12.5 Å². The predicted molar refractivity (Wildman–Crippen MR) is 110 cm³/mol. The summed E-state index contributed by atoms with van der Waals surface area (Å²) in [6, 6.07) is 6.08. The van der Waals surface area contributed by atoms with Gasteiger partial charge in [-0.05, 0) is 49.5 Å². The van der Waals surface area contributed by atoms with Crippen LogP contribution in [0.4, 0.5) is 16.4 Å². The molecule has 142 valence electrons. The van der Waals surface area contributed by atoms with E-state index in [0.717, 1.165) is 37.7 Å². The molecule has 0 spiro atoms. The monoisotopic (exact) mass is 405 g/mol. The molecule has 1 aromatic heterocycles. The number of nitrogens with one attached hydrogen (secondary N) is 2. The second-order valence-corrected chi connectivity index (χ2v) is 7.66. The number of anilines is 2. The van der Waals surface area contributed by atoms with Gasteiger partial charge in [0.05, 0.1) is 17.6 Å². The first-order chi connectivity index (χ1) is 13.0. The van der Waals surface area contributed by atoms with Gasteiger partial charge in [-0.3, -0.25) is 10.1 Å². The Morgan fingerprint density at radius 1 is 1.26 bits per heavy atom. The van der Waals surface area contributed by atoms with Crippen LogP contribution in [0.5, 0.6) is 0 Å². The van der Waals surface area contributed by atoms with Gasteiger partial charge in [0.15, 0.2) is 5.11 Å². The van der Waals surface area contributed by atoms with Crippen LogP contribution in [0.25, 0.3) is 0 Å². The van der Waals surface area contributed by atoms with Crippen LogP contribution in [0.3, 0.4) is 0 Å². The summed E-state index contributed by atoms with van der Waals surface area (Å²) in [6.07, 6.45) is 5.09. The van der Waals surface area contributed by atoms with E-state index >= 15 is 0 Å². The number of carbonyl (C=O) groups is 1. The second kappa shape index (κ2) is 8.45. The summed E-state index contributed by atoms with van der Waals surface area (Å²) < 4.78 is 4.97. The van der Waals surface area contributed by atoms with E-state index in [-0.39, 0.29) is 16.8 Å². The highest BCUT2D eigenvalue weighted by Gasteiger charge is 2.25. The zero-order valence-electron chi connectivity index (χ0n) is 14.7. The smallest absolute Gasteiger partial charge is 0.341 e. The van der Waals surface area contributed by atoms with Crippen LogP contribution >= 0.6 is 23.6 Å². The lowest BCUT2D eigenvalue weighted by Crippen LogP contribution is -2.20. The fourth-order valence-corrected chi connectivity index (χ4v) is 4.68. The summed E-state index contributed by atoms with van der Waals surface area (Å²) in [4.78, 5) is 24.0. The minimum absolute atomic E-state index is 0.0270. The summed E-state index contributed by atoms with van der Waals surface area (Å²) in [5, 5.41) is 17.8. The van der Waals surface area contributed by atoms with E-state index in [9.17, 15) is 14.9 Å². The molecule has 0 saturated carbocycles. The average Bonchev–Trinajstić information content (AvgIpc) is 2.82. The van der Waals surface area contributed by atoms with E-state index in [1.807, 2.05) is 0 Å². The van der Waals surface area contributed by atoms with Crippen molar-refractivity contribution in [3.8, 4) is 0 Å².